The Labute approximate surface area is 347 Å². The molecule has 0 radical (unpaired) electrons. The fourth-order valence-electron chi connectivity index (χ4n) is 8.83. The van der Waals surface area contributed by atoms with E-state index in [9.17, 15) is 13.2 Å². The molecule has 10 heteroatoms. The van der Waals surface area contributed by atoms with Gasteiger partial charge in [-0.1, -0.05) is 119 Å². The van der Waals surface area contributed by atoms with Crippen LogP contribution in [0.5, 0.6) is 11.5 Å². The van der Waals surface area contributed by atoms with Crippen LogP contribution in [0.2, 0.25) is 5.04 Å². The van der Waals surface area contributed by atoms with Crippen molar-refractivity contribution in [1.29, 1.82) is 0 Å². The second kappa shape index (κ2) is 18.4. The summed E-state index contributed by atoms with van der Waals surface area (Å²) in [5.41, 5.74) is 2.84. The highest BCUT2D eigenvalue weighted by Crippen LogP contribution is 2.48. The summed E-state index contributed by atoms with van der Waals surface area (Å²) in [7, 11) is -3.26. The maximum absolute atomic E-state index is 14.5. The van der Waals surface area contributed by atoms with Gasteiger partial charge < -0.3 is 18.6 Å². The molecule has 2 aliphatic carbocycles. The molecule has 6 atom stereocenters. The van der Waals surface area contributed by atoms with Crippen LogP contribution >= 0.6 is 0 Å². The molecule has 310 valence electrons. The SMILES string of the molecule is COc1ccc(CN(Cc2ccc(OC)cc2)S(=O)(=O)[C@H](C)[C@@H](C)[C@H]2C=C([C@H](OC(C)=O)[C@@H]3CC[C@H]3CO[Si](c3ccccc3)(c3ccccc3)C(C)(C)C)C2)cc1. The molecular formula is C48H61NO7SSi. The molecule has 0 spiro atoms. The van der Waals surface area contributed by atoms with Crippen LogP contribution in [0.25, 0.3) is 0 Å². The van der Waals surface area contributed by atoms with E-state index in [4.69, 9.17) is 18.6 Å². The van der Waals surface area contributed by atoms with Gasteiger partial charge in [-0.25, -0.2) is 8.42 Å². The Hall–Kier alpha value is -4.22. The molecule has 4 aromatic rings. The van der Waals surface area contributed by atoms with Crippen LogP contribution in [0.15, 0.2) is 121 Å². The highest BCUT2D eigenvalue weighted by Gasteiger charge is 2.52. The van der Waals surface area contributed by atoms with Gasteiger partial charge >= 0.3 is 5.97 Å². The Kier molecular flexibility index (Phi) is 13.7. The minimum atomic E-state index is -3.76. The van der Waals surface area contributed by atoms with E-state index in [1.807, 2.05) is 62.4 Å². The molecule has 58 heavy (non-hydrogen) atoms. The number of hydrogen-bond acceptors (Lipinski definition) is 7. The Morgan fingerprint density at radius 2 is 1.26 bits per heavy atom. The third-order valence-corrected chi connectivity index (χ3v) is 20.0. The molecule has 1 fully saturated rings. The average Bonchev–Trinajstić information content (AvgIpc) is 3.18. The van der Waals surface area contributed by atoms with E-state index in [1.165, 1.54) is 17.3 Å². The first-order valence-electron chi connectivity index (χ1n) is 20.6. The summed E-state index contributed by atoms with van der Waals surface area (Å²) in [6, 6.07) is 36.4. The van der Waals surface area contributed by atoms with Crippen LogP contribution in [-0.4, -0.2) is 59.2 Å². The van der Waals surface area contributed by atoms with E-state index in [-0.39, 0.29) is 53.9 Å². The number of rotatable bonds is 18. The van der Waals surface area contributed by atoms with Crippen LogP contribution in [0.4, 0.5) is 0 Å². The van der Waals surface area contributed by atoms with Gasteiger partial charge in [-0.2, -0.15) is 4.31 Å². The molecule has 0 aliphatic heterocycles. The number of nitrogens with zero attached hydrogens (tertiary/aromatic N) is 1. The first-order chi connectivity index (χ1) is 27.7. The first kappa shape index (κ1) is 43.4. The lowest BCUT2D eigenvalue weighted by Gasteiger charge is -2.48. The normalized spacial score (nSPS) is 19.9. The summed E-state index contributed by atoms with van der Waals surface area (Å²) in [5, 5.41) is 1.70. The molecule has 0 unspecified atom stereocenters. The first-order valence-corrected chi connectivity index (χ1v) is 24.0. The maximum atomic E-state index is 14.5. The number of ether oxygens (including phenoxy) is 3. The van der Waals surface area contributed by atoms with Crippen molar-refractivity contribution in [3.63, 3.8) is 0 Å². The fourth-order valence-corrected chi connectivity index (χ4v) is 15.3. The lowest BCUT2D eigenvalue weighted by Crippen LogP contribution is -2.67. The molecule has 6 rings (SSSR count). The molecule has 0 saturated heterocycles. The van der Waals surface area contributed by atoms with Gasteiger partial charge in [0.15, 0.2) is 0 Å². The number of carbonyl (C=O) groups is 1. The van der Waals surface area contributed by atoms with Gasteiger partial charge in [-0.15, -0.1) is 0 Å². The summed E-state index contributed by atoms with van der Waals surface area (Å²) in [4.78, 5) is 12.6. The number of hydrogen-bond donors (Lipinski definition) is 0. The summed E-state index contributed by atoms with van der Waals surface area (Å²) in [6.07, 6.45) is 4.47. The second-order valence-electron chi connectivity index (χ2n) is 17.2. The lowest BCUT2D eigenvalue weighted by atomic mass is 9.65. The Morgan fingerprint density at radius 3 is 1.66 bits per heavy atom. The topological polar surface area (TPSA) is 91.4 Å². The van der Waals surface area contributed by atoms with Crippen molar-refractivity contribution < 1.29 is 31.8 Å². The van der Waals surface area contributed by atoms with Crippen molar-refractivity contribution in [2.24, 2.45) is 23.7 Å². The van der Waals surface area contributed by atoms with Crippen molar-refractivity contribution >= 4 is 34.7 Å². The van der Waals surface area contributed by atoms with Crippen LogP contribution in [0.1, 0.15) is 71.9 Å². The molecule has 0 aromatic heterocycles. The average molecular weight is 824 g/mol. The third-order valence-electron chi connectivity index (χ3n) is 12.6. The molecule has 2 aliphatic rings. The second-order valence-corrected chi connectivity index (χ2v) is 23.8. The number of allylic oxidation sites excluding steroid dienone is 1. The van der Waals surface area contributed by atoms with Gasteiger partial charge in [0.25, 0.3) is 8.32 Å². The van der Waals surface area contributed by atoms with Crippen molar-refractivity contribution in [2.45, 2.75) is 90.3 Å². The number of esters is 1. The summed E-state index contributed by atoms with van der Waals surface area (Å²) in [5.74, 6) is 1.36. The third kappa shape index (κ3) is 9.31. The van der Waals surface area contributed by atoms with Crippen molar-refractivity contribution in [3.8, 4) is 11.5 Å². The van der Waals surface area contributed by atoms with E-state index in [0.29, 0.717) is 13.0 Å². The lowest BCUT2D eigenvalue weighted by molar-refractivity contribution is -0.151. The molecule has 0 amide bonds. The number of carbonyl (C=O) groups excluding carboxylic acids is 1. The summed E-state index contributed by atoms with van der Waals surface area (Å²) >= 11 is 0. The smallest absolute Gasteiger partial charge is 0.303 e. The Balaban J connectivity index is 1.19. The Bertz CT molecular complexity index is 2010. The van der Waals surface area contributed by atoms with Crippen molar-refractivity contribution in [3.05, 3.63) is 132 Å². The standard InChI is InChI=1S/C48H61NO7SSi/c1-34(35(2)57(51,52)49(31-37-19-24-42(53-7)25-20-37)32-38-21-26-43(54-8)27-22-38)40-29-41(30-40)47(56-36(3)50)46-28-23-39(46)33-55-58(48(4,5)6,44-15-11-9-12-16-44)45-17-13-10-14-18-45/h9-22,24-27,29,34-35,39-40,46-47H,23,28,30-33H2,1-8H3/t34-,35-,39+,40+,46-,47+/m1/s1. The molecule has 0 N–H and O–H groups in total. The number of sulfonamides is 1. The van der Waals surface area contributed by atoms with Crippen molar-refractivity contribution in [1.82, 2.24) is 4.31 Å². The zero-order valence-electron chi connectivity index (χ0n) is 35.4. The molecule has 0 bridgehead atoms. The Morgan fingerprint density at radius 1 is 0.776 bits per heavy atom. The monoisotopic (exact) mass is 823 g/mol. The maximum Gasteiger partial charge on any atom is 0.303 e. The van der Waals surface area contributed by atoms with E-state index in [1.54, 1.807) is 18.5 Å². The van der Waals surface area contributed by atoms with Gasteiger partial charge in [0.1, 0.15) is 17.6 Å². The predicted octanol–water partition coefficient (Wildman–Crippen LogP) is 8.54. The van der Waals surface area contributed by atoms with Gasteiger partial charge in [-0.3, -0.25) is 4.79 Å². The van der Waals surface area contributed by atoms with E-state index >= 15 is 0 Å². The zero-order valence-corrected chi connectivity index (χ0v) is 37.2. The minimum absolute atomic E-state index is 0.0357. The number of methoxy groups -OCH3 is 2. The fraction of sp³-hybridized carbons (Fsp3) is 0.438. The van der Waals surface area contributed by atoms with E-state index < -0.39 is 23.6 Å². The van der Waals surface area contributed by atoms with E-state index in [2.05, 4.69) is 87.5 Å². The van der Waals surface area contributed by atoms with Crippen LogP contribution < -0.4 is 19.8 Å². The molecule has 1 saturated carbocycles. The van der Waals surface area contributed by atoms with Gasteiger partial charge in [0.05, 0.1) is 19.5 Å². The summed E-state index contributed by atoms with van der Waals surface area (Å²) in [6.45, 7) is 13.3. The van der Waals surface area contributed by atoms with Crippen LogP contribution in [-0.2, 0) is 37.1 Å². The zero-order chi connectivity index (χ0) is 41.7. The van der Waals surface area contributed by atoms with Gasteiger partial charge in [0, 0.05) is 32.5 Å². The van der Waals surface area contributed by atoms with Gasteiger partial charge in [0.2, 0.25) is 10.0 Å². The van der Waals surface area contributed by atoms with Crippen LogP contribution in [0.3, 0.4) is 0 Å². The molecule has 8 nitrogen and oxygen atoms in total. The van der Waals surface area contributed by atoms with Crippen molar-refractivity contribution in [2.75, 3.05) is 20.8 Å². The van der Waals surface area contributed by atoms with Gasteiger partial charge in [-0.05, 0) is 100 Å². The van der Waals surface area contributed by atoms with E-state index in [0.717, 1.165) is 41.0 Å². The predicted molar refractivity (Wildman–Crippen MR) is 234 cm³/mol. The largest absolute Gasteiger partial charge is 0.497 e. The summed E-state index contributed by atoms with van der Waals surface area (Å²) < 4.78 is 54.8. The quantitative estimate of drug-likeness (QED) is 0.0565. The number of benzene rings is 4. The minimum Gasteiger partial charge on any atom is -0.497 e. The highest BCUT2D eigenvalue weighted by molar-refractivity contribution is 7.89. The molecule has 0 heterocycles. The highest BCUT2D eigenvalue weighted by atomic mass is 32.2. The van der Waals surface area contributed by atoms with Crippen LogP contribution in [0, 0.1) is 23.7 Å². The molecule has 4 aromatic carbocycles. The molecular weight excluding hydrogens is 763 g/mol.